The fourth-order valence-corrected chi connectivity index (χ4v) is 1.71. The molecule has 1 aromatic rings. The van der Waals surface area contributed by atoms with E-state index in [1.165, 1.54) is 0 Å². The number of nitrogens with one attached hydrogen (secondary N) is 1. The molecule has 4 heteroatoms. The van der Waals surface area contributed by atoms with E-state index in [2.05, 4.69) is 5.32 Å². The summed E-state index contributed by atoms with van der Waals surface area (Å²) in [6, 6.07) is 3.74. The quantitative estimate of drug-likeness (QED) is 0.781. The molecule has 4 nitrogen and oxygen atoms in total. The molecule has 1 heterocycles. The zero-order valence-corrected chi connectivity index (χ0v) is 8.88. The molecule has 0 unspecified atom stereocenters. The third-order valence-corrected chi connectivity index (χ3v) is 2.92. The lowest BCUT2D eigenvalue weighted by Gasteiger charge is -2.36. The van der Waals surface area contributed by atoms with Gasteiger partial charge in [0.1, 0.15) is 11.5 Å². The van der Waals surface area contributed by atoms with Crippen LogP contribution < -0.4 is 11.1 Å². The molecular weight excluding hydrogens is 192 g/mol. The Morgan fingerprint density at radius 2 is 2.33 bits per heavy atom. The minimum absolute atomic E-state index is 0.0668. The van der Waals surface area contributed by atoms with Crippen molar-refractivity contribution in [2.24, 2.45) is 5.73 Å². The van der Waals surface area contributed by atoms with Gasteiger partial charge in [0.2, 0.25) is 5.91 Å². The highest BCUT2D eigenvalue weighted by atomic mass is 16.3. The standard InChI is InChI=1S/C11H16N2O2/c1-8-3-4-9(15-8)7-13-10(14)11(12)5-2-6-11/h3-4H,2,5-7,12H2,1H3,(H,13,14). The number of nitrogens with two attached hydrogens (primary N) is 1. The molecule has 1 saturated carbocycles. The number of hydrogen-bond donors (Lipinski definition) is 2. The molecule has 0 spiro atoms. The van der Waals surface area contributed by atoms with Crippen LogP contribution >= 0.6 is 0 Å². The first kappa shape index (κ1) is 10.2. The number of carbonyl (C=O) groups is 1. The van der Waals surface area contributed by atoms with Gasteiger partial charge in [-0.1, -0.05) is 0 Å². The van der Waals surface area contributed by atoms with E-state index in [0.29, 0.717) is 6.54 Å². The van der Waals surface area contributed by atoms with Gasteiger partial charge in [0.05, 0.1) is 12.1 Å². The van der Waals surface area contributed by atoms with Gasteiger partial charge < -0.3 is 15.5 Å². The van der Waals surface area contributed by atoms with Gasteiger partial charge >= 0.3 is 0 Å². The molecule has 82 valence electrons. The maximum atomic E-state index is 11.6. The average Bonchev–Trinajstić information content (AvgIpc) is 2.57. The average molecular weight is 208 g/mol. The minimum atomic E-state index is -0.623. The first-order valence-corrected chi connectivity index (χ1v) is 5.23. The smallest absolute Gasteiger partial charge is 0.240 e. The Morgan fingerprint density at radius 3 is 2.80 bits per heavy atom. The molecule has 2 rings (SSSR count). The van der Waals surface area contributed by atoms with Crippen LogP contribution in [0.25, 0.3) is 0 Å². The Bertz CT molecular complexity index is 366. The van der Waals surface area contributed by atoms with Crippen molar-refractivity contribution in [3.63, 3.8) is 0 Å². The van der Waals surface area contributed by atoms with Crippen LogP contribution in [-0.2, 0) is 11.3 Å². The van der Waals surface area contributed by atoms with Crippen molar-refractivity contribution in [1.29, 1.82) is 0 Å². The maximum Gasteiger partial charge on any atom is 0.240 e. The van der Waals surface area contributed by atoms with E-state index in [9.17, 15) is 4.79 Å². The molecule has 3 N–H and O–H groups in total. The molecule has 1 aliphatic rings. The fraction of sp³-hybridized carbons (Fsp3) is 0.545. The highest BCUT2D eigenvalue weighted by Crippen LogP contribution is 2.29. The van der Waals surface area contributed by atoms with Crippen LogP contribution in [0.4, 0.5) is 0 Å². The number of hydrogen-bond acceptors (Lipinski definition) is 3. The van der Waals surface area contributed by atoms with Crippen molar-refractivity contribution in [2.75, 3.05) is 0 Å². The van der Waals surface area contributed by atoms with E-state index in [1.807, 2.05) is 19.1 Å². The molecule has 0 radical (unpaired) electrons. The van der Waals surface area contributed by atoms with Crippen LogP contribution in [0.2, 0.25) is 0 Å². The largest absolute Gasteiger partial charge is 0.465 e. The SMILES string of the molecule is Cc1ccc(CNC(=O)C2(N)CCC2)o1. The summed E-state index contributed by atoms with van der Waals surface area (Å²) in [5.74, 6) is 1.55. The summed E-state index contributed by atoms with van der Waals surface area (Å²) in [5, 5.41) is 2.80. The molecule has 0 atom stereocenters. The lowest BCUT2D eigenvalue weighted by molar-refractivity contribution is -0.129. The van der Waals surface area contributed by atoms with E-state index in [1.54, 1.807) is 0 Å². The van der Waals surface area contributed by atoms with Gasteiger partial charge in [0, 0.05) is 0 Å². The summed E-state index contributed by atoms with van der Waals surface area (Å²) < 4.78 is 5.34. The topological polar surface area (TPSA) is 68.3 Å². The third-order valence-electron chi connectivity index (χ3n) is 2.92. The van der Waals surface area contributed by atoms with Crippen LogP contribution in [0, 0.1) is 6.92 Å². The van der Waals surface area contributed by atoms with Gasteiger partial charge in [-0.25, -0.2) is 0 Å². The Labute approximate surface area is 88.8 Å². The van der Waals surface area contributed by atoms with Crippen molar-refractivity contribution in [1.82, 2.24) is 5.32 Å². The first-order valence-electron chi connectivity index (χ1n) is 5.23. The second-order valence-electron chi connectivity index (χ2n) is 4.20. The van der Waals surface area contributed by atoms with Crippen molar-refractivity contribution >= 4 is 5.91 Å². The van der Waals surface area contributed by atoms with E-state index < -0.39 is 5.54 Å². The maximum absolute atomic E-state index is 11.6. The summed E-state index contributed by atoms with van der Waals surface area (Å²) in [7, 11) is 0. The van der Waals surface area contributed by atoms with Crippen molar-refractivity contribution in [3.8, 4) is 0 Å². The van der Waals surface area contributed by atoms with Crippen LogP contribution in [0.5, 0.6) is 0 Å². The van der Waals surface area contributed by atoms with Crippen LogP contribution in [0.3, 0.4) is 0 Å². The van der Waals surface area contributed by atoms with Crippen LogP contribution in [0.1, 0.15) is 30.8 Å². The molecule has 1 aromatic heterocycles. The summed E-state index contributed by atoms with van der Waals surface area (Å²) >= 11 is 0. The summed E-state index contributed by atoms with van der Waals surface area (Å²) in [5.41, 5.74) is 5.25. The third kappa shape index (κ3) is 2.04. The van der Waals surface area contributed by atoms with E-state index in [4.69, 9.17) is 10.2 Å². The van der Waals surface area contributed by atoms with Crippen LogP contribution in [-0.4, -0.2) is 11.4 Å². The van der Waals surface area contributed by atoms with E-state index in [-0.39, 0.29) is 5.91 Å². The van der Waals surface area contributed by atoms with Gasteiger partial charge in [-0.3, -0.25) is 4.79 Å². The van der Waals surface area contributed by atoms with Gasteiger partial charge in [0.15, 0.2) is 0 Å². The molecular formula is C11H16N2O2. The predicted molar refractivity (Wildman–Crippen MR) is 56.1 cm³/mol. The minimum Gasteiger partial charge on any atom is -0.465 e. The molecule has 15 heavy (non-hydrogen) atoms. The lowest BCUT2D eigenvalue weighted by atomic mass is 9.77. The Kier molecular flexibility index (Phi) is 2.52. The van der Waals surface area contributed by atoms with Gasteiger partial charge in [-0.05, 0) is 38.3 Å². The Balaban J connectivity index is 1.85. The monoisotopic (exact) mass is 208 g/mol. The summed E-state index contributed by atoms with van der Waals surface area (Å²) in [6.07, 6.45) is 2.62. The van der Waals surface area contributed by atoms with Crippen molar-refractivity contribution < 1.29 is 9.21 Å². The molecule has 0 aromatic carbocycles. The van der Waals surface area contributed by atoms with Gasteiger partial charge in [-0.15, -0.1) is 0 Å². The molecule has 1 aliphatic carbocycles. The van der Waals surface area contributed by atoms with Gasteiger partial charge in [0.25, 0.3) is 0 Å². The summed E-state index contributed by atoms with van der Waals surface area (Å²) in [6.45, 7) is 2.30. The van der Waals surface area contributed by atoms with Gasteiger partial charge in [-0.2, -0.15) is 0 Å². The van der Waals surface area contributed by atoms with Crippen LogP contribution in [0.15, 0.2) is 16.5 Å². The zero-order chi connectivity index (χ0) is 10.9. The molecule has 0 aliphatic heterocycles. The Morgan fingerprint density at radius 1 is 1.60 bits per heavy atom. The molecule has 0 bridgehead atoms. The van der Waals surface area contributed by atoms with E-state index >= 15 is 0 Å². The fourth-order valence-electron chi connectivity index (χ4n) is 1.71. The number of carbonyl (C=O) groups excluding carboxylic acids is 1. The van der Waals surface area contributed by atoms with E-state index in [0.717, 1.165) is 30.8 Å². The van der Waals surface area contributed by atoms with Crippen molar-refractivity contribution in [2.45, 2.75) is 38.3 Å². The second-order valence-corrected chi connectivity index (χ2v) is 4.20. The molecule has 1 fully saturated rings. The number of furan rings is 1. The highest BCUT2D eigenvalue weighted by Gasteiger charge is 2.39. The highest BCUT2D eigenvalue weighted by molar-refractivity contribution is 5.86. The molecule has 0 saturated heterocycles. The Hall–Kier alpha value is -1.29. The number of amides is 1. The van der Waals surface area contributed by atoms with Crippen molar-refractivity contribution in [3.05, 3.63) is 23.7 Å². The lowest BCUT2D eigenvalue weighted by Crippen LogP contribution is -2.58. The normalized spacial score (nSPS) is 18.3. The second kappa shape index (κ2) is 3.70. The molecule has 1 amide bonds. The predicted octanol–water partition coefficient (Wildman–Crippen LogP) is 1.09. The first-order chi connectivity index (χ1) is 7.10. The number of rotatable bonds is 3. The number of aryl methyl sites for hydroxylation is 1. The summed E-state index contributed by atoms with van der Waals surface area (Å²) in [4.78, 5) is 11.6. The zero-order valence-electron chi connectivity index (χ0n) is 8.88.